The molecule has 0 saturated heterocycles. The molecule has 0 spiro atoms. The Bertz CT molecular complexity index is 388. The Hall–Kier alpha value is -1.91. The minimum Gasteiger partial charge on any atom is -0.550 e. The summed E-state index contributed by atoms with van der Waals surface area (Å²) in [4.78, 5) is 10.2. The van der Waals surface area contributed by atoms with Crippen molar-refractivity contribution in [3.05, 3.63) is 18.2 Å². The van der Waals surface area contributed by atoms with Crippen LogP contribution in [0.1, 0.15) is 6.42 Å². The Morgan fingerprint density at radius 3 is 2.81 bits per heavy atom. The first-order valence-corrected chi connectivity index (χ1v) is 4.98. The number of carbonyl (C=O) groups excluding carboxylic acids is 1. The maximum Gasteiger partial charge on any atom is 0.165 e. The van der Waals surface area contributed by atoms with Crippen LogP contribution in [0.2, 0.25) is 0 Å². The van der Waals surface area contributed by atoms with Gasteiger partial charge in [0, 0.05) is 18.5 Å². The molecule has 1 aromatic rings. The first-order valence-electron chi connectivity index (χ1n) is 4.98. The largest absolute Gasteiger partial charge is 0.550 e. The van der Waals surface area contributed by atoms with Gasteiger partial charge in [-0.3, -0.25) is 0 Å². The van der Waals surface area contributed by atoms with Crippen molar-refractivity contribution in [3.8, 4) is 17.2 Å². The van der Waals surface area contributed by atoms with Gasteiger partial charge in [-0.05, 0) is 12.1 Å². The van der Waals surface area contributed by atoms with E-state index in [1.165, 1.54) is 0 Å². The van der Waals surface area contributed by atoms with Gasteiger partial charge in [0.2, 0.25) is 0 Å². The minimum atomic E-state index is -1.13. The molecule has 2 rings (SSSR count). The highest BCUT2D eigenvalue weighted by Gasteiger charge is 2.11. The van der Waals surface area contributed by atoms with E-state index >= 15 is 0 Å². The van der Waals surface area contributed by atoms with Crippen LogP contribution >= 0.6 is 0 Å². The van der Waals surface area contributed by atoms with Crippen LogP contribution in [0.3, 0.4) is 0 Å². The average Bonchev–Trinajstić information content (AvgIpc) is 2.28. The molecule has 1 aliphatic heterocycles. The van der Waals surface area contributed by atoms with Crippen molar-refractivity contribution < 1.29 is 24.1 Å². The van der Waals surface area contributed by atoms with Crippen LogP contribution in [-0.4, -0.2) is 25.8 Å². The first-order chi connectivity index (χ1) is 7.75. The smallest absolute Gasteiger partial charge is 0.165 e. The van der Waals surface area contributed by atoms with Gasteiger partial charge in [0.15, 0.2) is 11.5 Å². The van der Waals surface area contributed by atoms with Crippen molar-refractivity contribution >= 4 is 5.97 Å². The van der Waals surface area contributed by atoms with E-state index in [4.69, 9.17) is 14.2 Å². The minimum absolute atomic E-state index is 0.0853. The predicted molar refractivity (Wildman–Crippen MR) is 52.6 cm³/mol. The molecule has 0 atom stereocenters. The Morgan fingerprint density at radius 2 is 2.06 bits per heavy atom. The van der Waals surface area contributed by atoms with Crippen LogP contribution in [0.25, 0.3) is 0 Å². The molecule has 0 radical (unpaired) electrons. The Kier molecular flexibility index (Phi) is 3.14. The molecule has 0 N–H and O–H groups in total. The van der Waals surface area contributed by atoms with Crippen molar-refractivity contribution in [2.24, 2.45) is 0 Å². The summed E-state index contributed by atoms with van der Waals surface area (Å²) in [6, 6.07) is 5.13. The molecular formula is C11H11O5-. The molecule has 86 valence electrons. The van der Waals surface area contributed by atoms with Crippen molar-refractivity contribution in [1.29, 1.82) is 0 Å². The third-order valence-electron chi connectivity index (χ3n) is 2.09. The van der Waals surface area contributed by atoms with Crippen LogP contribution in [0, 0.1) is 0 Å². The molecule has 1 heterocycles. The lowest BCUT2D eigenvalue weighted by Gasteiger charge is -2.18. The summed E-state index contributed by atoms with van der Waals surface area (Å²) < 4.78 is 15.9. The van der Waals surface area contributed by atoms with Gasteiger partial charge in [-0.15, -0.1) is 0 Å². The van der Waals surface area contributed by atoms with E-state index in [1.54, 1.807) is 18.2 Å². The van der Waals surface area contributed by atoms with Gasteiger partial charge in [0.1, 0.15) is 19.0 Å². The Labute approximate surface area is 92.5 Å². The molecule has 1 aliphatic rings. The number of carboxylic acids is 1. The quantitative estimate of drug-likeness (QED) is 0.717. The lowest BCUT2D eigenvalue weighted by Crippen LogP contribution is -2.24. The molecule has 16 heavy (non-hydrogen) atoms. The second-order valence-electron chi connectivity index (χ2n) is 3.28. The lowest BCUT2D eigenvalue weighted by atomic mass is 10.3. The zero-order valence-electron chi connectivity index (χ0n) is 8.60. The van der Waals surface area contributed by atoms with Gasteiger partial charge in [-0.2, -0.15) is 0 Å². The van der Waals surface area contributed by atoms with Crippen LogP contribution < -0.4 is 19.3 Å². The summed E-state index contributed by atoms with van der Waals surface area (Å²) in [5, 5.41) is 10.2. The van der Waals surface area contributed by atoms with Gasteiger partial charge < -0.3 is 24.1 Å². The van der Waals surface area contributed by atoms with Crippen LogP contribution in [0.5, 0.6) is 17.2 Å². The molecule has 1 aromatic carbocycles. The van der Waals surface area contributed by atoms with E-state index in [2.05, 4.69) is 0 Å². The molecule has 0 aromatic heterocycles. The van der Waals surface area contributed by atoms with Gasteiger partial charge in [-0.1, -0.05) is 0 Å². The summed E-state index contributed by atoms with van der Waals surface area (Å²) in [6.07, 6.45) is -0.131. The highest BCUT2D eigenvalue weighted by molar-refractivity contribution is 5.64. The summed E-state index contributed by atoms with van der Waals surface area (Å²) in [5.41, 5.74) is 0. The van der Waals surface area contributed by atoms with E-state index in [1.807, 2.05) is 0 Å². The second kappa shape index (κ2) is 4.74. The Morgan fingerprint density at radius 1 is 1.31 bits per heavy atom. The van der Waals surface area contributed by atoms with Crippen molar-refractivity contribution in [2.75, 3.05) is 19.8 Å². The van der Waals surface area contributed by atoms with Gasteiger partial charge in [-0.25, -0.2) is 0 Å². The van der Waals surface area contributed by atoms with Gasteiger partial charge in [0.25, 0.3) is 0 Å². The van der Waals surface area contributed by atoms with Crippen molar-refractivity contribution in [2.45, 2.75) is 6.42 Å². The van der Waals surface area contributed by atoms with Gasteiger partial charge in [0.05, 0.1) is 6.61 Å². The van der Waals surface area contributed by atoms with Crippen molar-refractivity contribution in [1.82, 2.24) is 0 Å². The third kappa shape index (κ3) is 2.56. The molecule has 0 aliphatic carbocycles. The summed E-state index contributed by atoms with van der Waals surface area (Å²) in [7, 11) is 0. The van der Waals surface area contributed by atoms with E-state index in [0.29, 0.717) is 30.5 Å². The zero-order chi connectivity index (χ0) is 11.4. The highest BCUT2D eigenvalue weighted by atomic mass is 16.6. The summed E-state index contributed by atoms with van der Waals surface area (Å²) in [5.74, 6) is 0.735. The maximum absolute atomic E-state index is 10.2. The zero-order valence-corrected chi connectivity index (χ0v) is 8.60. The summed E-state index contributed by atoms with van der Waals surface area (Å²) in [6.45, 7) is 1.13. The fourth-order valence-corrected chi connectivity index (χ4v) is 1.37. The molecule has 0 bridgehead atoms. The molecule has 0 saturated carbocycles. The fraction of sp³-hybridized carbons (Fsp3) is 0.364. The topological polar surface area (TPSA) is 67.8 Å². The third-order valence-corrected chi connectivity index (χ3v) is 2.09. The molecular weight excluding hydrogens is 212 g/mol. The lowest BCUT2D eigenvalue weighted by molar-refractivity contribution is -0.306. The van der Waals surface area contributed by atoms with E-state index in [9.17, 15) is 9.90 Å². The normalized spacial score (nSPS) is 13.2. The number of hydrogen-bond donors (Lipinski definition) is 0. The Balaban J connectivity index is 1.97. The van der Waals surface area contributed by atoms with E-state index < -0.39 is 5.97 Å². The number of rotatable bonds is 4. The molecule has 5 heteroatoms. The highest BCUT2D eigenvalue weighted by Crippen LogP contribution is 2.33. The number of hydrogen-bond acceptors (Lipinski definition) is 5. The predicted octanol–water partition coefficient (Wildman–Crippen LogP) is -0.0234. The number of carboxylic acid groups (broad SMARTS) is 1. The monoisotopic (exact) mass is 223 g/mol. The fourth-order valence-electron chi connectivity index (χ4n) is 1.37. The van der Waals surface area contributed by atoms with Gasteiger partial charge >= 0.3 is 0 Å². The van der Waals surface area contributed by atoms with Crippen LogP contribution in [0.4, 0.5) is 0 Å². The standard InChI is InChI=1S/C11H12O5/c12-11(13)3-4-14-8-1-2-9-10(7-8)16-6-5-15-9/h1-2,7H,3-6H2,(H,12,13)/p-1. The van der Waals surface area contributed by atoms with Crippen LogP contribution in [-0.2, 0) is 4.79 Å². The number of aliphatic carboxylic acids is 1. The van der Waals surface area contributed by atoms with E-state index in [0.717, 1.165) is 0 Å². The first kappa shape index (κ1) is 10.6. The maximum atomic E-state index is 10.2. The molecule has 0 unspecified atom stereocenters. The summed E-state index contributed by atoms with van der Waals surface area (Å²) >= 11 is 0. The van der Waals surface area contributed by atoms with Crippen LogP contribution in [0.15, 0.2) is 18.2 Å². The van der Waals surface area contributed by atoms with E-state index in [-0.39, 0.29) is 13.0 Å². The molecule has 5 nitrogen and oxygen atoms in total. The molecule has 0 fully saturated rings. The number of ether oxygens (including phenoxy) is 3. The second-order valence-corrected chi connectivity index (χ2v) is 3.28. The van der Waals surface area contributed by atoms with Crippen molar-refractivity contribution in [3.63, 3.8) is 0 Å². The molecule has 0 amide bonds. The number of fused-ring (bicyclic) bond motifs is 1. The number of benzene rings is 1. The number of carbonyl (C=O) groups is 1. The SMILES string of the molecule is O=C([O-])CCOc1ccc2c(c1)OCCO2. The average molecular weight is 223 g/mol.